The number of hydrogen-bond donors (Lipinski definition) is 1. The number of aliphatic hydroxyl groups is 1. The predicted octanol–water partition coefficient (Wildman–Crippen LogP) is 4.08. The highest BCUT2D eigenvalue weighted by atomic mass is 16.5. The molecule has 2 nitrogen and oxygen atoms in total. The van der Waals surface area contributed by atoms with Crippen molar-refractivity contribution in [2.24, 2.45) is 0 Å². The van der Waals surface area contributed by atoms with Gasteiger partial charge in [-0.05, 0) is 29.2 Å². The van der Waals surface area contributed by atoms with Gasteiger partial charge in [0.1, 0.15) is 11.9 Å². The number of rotatable bonds is 2. The molecule has 0 aliphatic rings. The van der Waals surface area contributed by atoms with Gasteiger partial charge < -0.3 is 9.84 Å². The van der Waals surface area contributed by atoms with Gasteiger partial charge in [0.15, 0.2) is 0 Å². The second-order valence-corrected chi connectivity index (χ2v) is 6.24. The monoisotopic (exact) mass is 294 g/mol. The van der Waals surface area contributed by atoms with Crippen LogP contribution < -0.4 is 4.74 Å². The smallest absolute Gasteiger partial charge is 0.144 e. The van der Waals surface area contributed by atoms with Gasteiger partial charge >= 0.3 is 0 Å². The molecule has 22 heavy (non-hydrogen) atoms. The molecule has 1 N–H and O–H groups in total. The number of methoxy groups -OCH3 is 1. The van der Waals surface area contributed by atoms with Crippen LogP contribution in [0.15, 0.2) is 48.5 Å². The molecule has 0 bridgehead atoms. The van der Waals surface area contributed by atoms with Gasteiger partial charge in [-0.3, -0.25) is 0 Å². The van der Waals surface area contributed by atoms with Crippen LogP contribution in [0.1, 0.15) is 43.6 Å². The van der Waals surface area contributed by atoms with E-state index in [4.69, 9.17) is 4.74 Å². The molecule has 0 heterocycles. The predicted molar refractivity (Wildman–Crippen MR) is 90.0 cm³/mol. The Morgan fingerprint density at radius 3 is 2.23 bits per heavy atom. The van der Waals surface area contributed by atoms with Crippen LogP contribution >= 0.6 is 0 Å². The molecule has 2 aromatic carbocycles. The zero-order valence-corrected chi connectivity index (χ0v) is 13.6. The third kappa shape index (κ3) is 3.90. The second kappa shape index (κ2) is 6.68. The molecule has 0 aliphatic heterocycles. The zero-order valence-electron chi connectivity index (χ0n) is 13.6. The van der Waals surface area contributed by atoms with Crippen LogP contribution in [0.2, 0.25) is 0 Å². The van der Waals surface area contributed by atoms with Gasteiger partial charge in [0.25, 0.3) is 0 Å². The van der Waals surface area contributed by atoms with Crippen molar-refractivity contribution < 1.29 is 9.84 Å². The van der Waals surface area contributed by atoms with Gasteiger partial charge in [0.2, 0.25) is 0 Å². The maximum absolute atomic E-state index is 10.2. The molecule has 0 spiro atoms. The second-order valence-electron chi connectivity index (χ2n) is 6.24. The van der Waals surface area contributed by atoms with Crippen molar-refractivity contribution in [2.75, 3.05) is 7.11 Å². The van der Waals surface area contributed by atoms with E-state index in [9.17, 15) is 5.11 Å². The van der Waals surface area contributed by atoms with E-state index in [2.05, 4.69) is 44.7 Å². The Labute approximate surface area is 132 Å². The molecule has 114 valence electrons. The van der Waals surface area contributed by atoms with E-state index in [1.807, 2.05) is 36.4 Å². The minimum absolute atomic E-state index is 0.128. The first-order chi connectivity index (χ1) is 10.4. The molecule has 2 heteroatoms. The number of para-hydroxylation sites is 1. The van der Waals surface area contributed by atoms with Crippen molar-refractivity contribution in [3.63, 3.8) is 0 Å². The van der Waals surface area contributed by atoms with Crippen LogP contribution in [0.5, 0.6) is 5.75 Å². The van der Waals surface area contributed by atoms with Crippen molar-refractivity contribution in [3.05, 3.63) is 65.2 Å². The third-order valence-electron chi connectivity index (χ3n) is 3.54. The van der Waals surface area contributed by atoms with Gasteiger partial charge in [-0.25, -0.2) is 0 Å². The summed E-state index contributed by atoms with van der Waals surface area (Å²) in [4.78, 5) is 0. The molecule has 0 aliphatic carbocycles. The van der Waals surface area contributed by atoms with E-state index in [1.165, 1.54) is 5.56 Å². The Morgan fingerprint density at radius 1 is 1.00 bits per heavy atom. The summed E-state index contributed by atoms with van der Waals surface area (Å²) in [5.74, 6) is 6.54. The molecular formula is C20H22O2. The Balaban J connectivity index is 2.19. The molecule has 0 unspecified atom stereocenters. The normalized spacial score (nSPS) is 12.2. The van der Waals surface area contributed by atoms with E-state index in [0.717, 1.165) is 5.56 Å². The molecule has 0 saturated heterocycles. The first-order valence-corrected chi connectivity index (χ1v) is 7.35. The van der Waals surface area contributed by atoms with E-state index < -0.39 is 6.10 Å². The number of ether oxygens (including phenoxy) is 1. The maximum atomic E-state index is 10.2. The highest BCUT2D eigenvalue weighted by Gasteiger charge is 2.12. The Bertz CT molecular complexity index is 682. The summed E-state index contributed by atoms with van der Waals surface area (Å²) in [6.07, 6.45) is -0.863. The lowest BCUT2D eigenvalue weighted by molar-refractivity contribution is 0.232. The van der Waals surface area contributed by atoms with Gasteiger partial charge in [-0.15, -0.1) is 0 Å². The summed E-state index contributed by atoms with van der Waals surface area (Å²) in [6.45, 7) is 6.54. The number of aliphatic hydroxyl groups excluding tert-OH is 1. The first-order valence-electron chi connectivity index (χ1n) is 7.35. The van der Waals surface area contributed by atoms with Gasteiger partial charge in [0, 0.05) is 11.1 Å². The van der Waals surface area contributed by atoms with Crippen molar-refractivity contribution >= 4 is 0 Å². The fourth-order valence-corrected chi connectivity index (χ4v) is 2.18. The summed E-state index contributed by atoms with van der Waals surface area (Å²) in [7, 11) is 1.59. The van der Waals surface area contributed by atoms with Crippen molar-refractivity contribution in [1.29, 1.82) is 0 Å². The maximum Gasteiger partial charge on any atom is 0.144 e. The van der Waals surface area contributed by atoms with Crippen molar-refractivity contribution in [3.8, 4) is 17.6 Å². The number of hydrogen-bond acceptors (Lipinski definition) is 2. The van der Waals surface area contributed by atoms with E-state index >= 15 is 0 Å². The lowest BCUT2D eigenvalue weighted by Gasteiger charge is -2.18. The minimum atomic E-state index is -0.863. The molecule has 2 aromatic rings. The zero-order chi connectivity index (χ0) is 16.2. The molecule has 0 saturated carbocycles. The van der Waals surface area contributed by atoms with Crippen LogP contribution in [0, 0.1) is 11.8 Å². The van der Waals surface area contributed by atoms with Gasteiger partial charge in [-0.2, -0.15) is 0 Å². The van der Waals surface area contributed by atoms with E-state index in [0.29, 0.717) is 11.3 Å². The lowest BCUT2D eigenvalue weighted by atomic mass is 9.87. The van der Waals surface area contributed by atoms with Gasteiger partial charge in [0.05, 0.1) is 7.11 Å². The average Bonchev–Trinajstić information content (AvgIpc) is 2.52. The fraction of sp³-hybridized carbons (Fsp3) is 0.300. The third-order valence-corrected chi connectivity index (χ3v) is 3.54. The highest BCUT2D eigenvalue weighted by Crippen LogP contribution is 2.24. The van der Waals surface area contributed by atoms with Crippen LogP contribution in [0.25, 0.3) is 0 Å². The van der Waals surface area contributed by atoms with Crippen LogP contribution in [-0.2, 0) is 5.41 Å². The largest absolute Gasteiger partial charge is 0.496 e. The summed E-state index contributed by atoms with van der Waals surface area (Å²) < 4.78 is 5.24. The first kappa shape index (κ1) is 16.1. The van der Waals surface area contributed by atoms with Crippen molar-refractivity contribution in [1.82, 2.24) is 0 Å². The molecule has 0 radical (unpaired) electrons. The molecular weight excluding hydrogens is 272 g/mol. The molecule has 0 fully saturated rings. The molecule has 2 rings (SSSR count). The van der Waals surface area contributed by atoms with Crippen LogP contribution in [0.3, 0.4) is 0 Å². The Kier molecular flexibility index (Phi) is 4.90. The molecule has 0 amide bonds. The van der Waals surface area contributed by atoms with Crippen LogP contribution in [0.4, 0.5) is 0 Å². The summed E-state index contributed by atoms with van der Waals surface area (Å²) in [6, 6.07) is 15.5. The Hall–Kier alpha value is -2.24. The fourth-order valence-electron chi connectivity index (χ4n) is 2.18. The average molecular weight is 294 g/mol. The molecule has 0 aromatic heterocycles. The Morgan fingerprint density at radius 2 is 1.64 bits per heavy atom. The van der Waals surface area contributed by atoms with Crippen molar-refractivity contribution in [2.45, 2.75) is 32.3 Å². The quantitative estimate of drug-likeness (QED) is 0.846. The highest BCUT2D eigenvalue weighted by molar-refractivity contribution is 5.42. The minimum Gasteiger partial charge on any atom is -0.496 e. The summed E-state index contributed by atoms with van der Waals surface area (Å²) >= 11 is 0. The summed E-state index contributed by atoms with van der Waals surface area (Å²) in [5, 5.41) is 10.2. The topological polar surface area (TPSA) is 29.5 Å². The van der Waals surface area contributed by atoms with Gasteiger partial charge in [-0.1, -0.05) is 62.9 Å². The van der Waals surface area contributed by atoms with E-state index in [-0.39, 0.29) is 5.41 Å². The van der Waals surface area contributed by atoms with Crippen LogP contribution in [-0.4, -0.2) is 12.2 Å². The standard InChI is InChI=1S/C20H22O2/c1-20(2,3)16-12-9-15(10-13-16)11-14-18(21)17-7-5-6-8-19(17)22-4/h5-10,12-13,18,21H,1-4H3/t18-/m1/s1. The lowest BCUT2D eigenvalue weighted by Crippen LogP contribution is -2.10. The SMILES string of the molecule is COc1ccccc1[C@H](O)C#Cc1ccc(C(C)(C)C)cc1. The van der Waals surface area contributed by atoms with E-state index in [1.54, 1.807) is 7.11 Å². The summed E-state index contributed by atoms with van der Waals surface area (Å²) in [5.41, 5.74) is 2.97. The molecule has 1 atom stereocenters. The number of benzene rings is 2.